The predicted octanol–water partition coefficient (Wildman–Crippen LogP) is 1.47. The molecule has 0 saturated carbocycles. The van der Waals surface area contributed by atoms with Crippen LogP contribution in [0.2, 0.25) is 0 Å². The van der Waals surface area contributed by atoms with Crippen LogP contribution in [-0.4, -0.2) is 25.2 Å². The molecule has 0 aromatic rings. The lowest BCUT2D eigenvalue weighted by Gasteiger charge is -2.09. The van der Waals surface area contributed by atoms with E-state index < -0.39 is 25.2 Å². The van der Waals surface area contributed by atoms with E-state index in [2.05, 4.69) is 27.8 Å². The van der Waals surface area contributed by atoms with E-state index in [-0.39, 0.29) is 0 Å². The van der Waals surface area contributed by atoms with Crippen LogP contribution < -0.4 is 0 Å². The molecule has 0 N–H and O–H groups in total. The second-order valence-electron chi connectivity index (χ2n) is 3.12. The highest BCUT2D eigenvalue weighted by Gasteiger charge is 2.33. The number of hydrogen-bond acceptors (Lipinski definition) is 6. The average molecular weight is 246 g/mol. The summed E-state index contributed by atoms with van der Waals surface area (Å²) in [5, 5.41) is 0. The maximum absolute atomic E-state index is 10.4. The number of carbonyl (C=O) groups is 3. The van der Waals surface area contributed by atoms with E-state index in [0.717, 1.165) is 20.8 Å². The van der Waals surface area contributed by atoms with E-state index in [4.69, 9.17) is 0 Å². The fraction of sp³-hybridized carbons (Fsp3) is 0.700. The van der Waals surface area contributed by atoms with Crippen LogP contribution in [0.4, 0.5) is 0 Å². The molecular weight excluding hydrogens is 227 g/mol. The van der Waals surface area contributed by atoms with Gasteiger partial charge >= 0.3 is 7.32 Å². The molecule has 98 valence electrons. The van der Waals surface area contributed by atoms with Gasteiger partial charge < -0.3 is 14.0 Å². The minimum absolute atomic E-state index is 0.715. The third kappa shape index (κ3) is 17.1. The van der Waals surface area contributed by atoms with Gasteiger partial charge in [0, 0.05) is 20.8 Å². The van der Waals surface area contributed by atoms with Crippen LogP contribution in [-0.2, 0) is 28.3 Å². The van der Waals surface area contributed by atoms with Gasteiger partial charge in [0.15, 0.2) is 0 Å². The summed E-state index contributed by atoms with van der Waals surface area (Å²) >= 11 is 0. The van der Waals surface area contributed by atoms with Gasteiger partial charge in [-0.25, -0.2) is 0 Å². The topological polar surface area (TPSA) is 78.9 Å². The largest absolute Gasteiger partial charge is 0.870 e. The fourth-order valence-corrected chi connectivity index (χ4v) is 0.479. The zero-order valence-corrected chi connectivity index (χ0v) is 10.9. The van der Waals surface area contributed by atoms with E-state index in [1.165, 1.54) is 12.8 Å². The Morgan fingerprint density at radius 2 is 1.00 bits per heavy atom. The first kappa shape index (κ1) is 17.9. The lowest BCUT2D eigenvalue weighted by molar-refractivity contribution is -0.144. The van der Waals surface area contributed by atoms with Crippen LogP contribution in [0.15, 0.2) is 0 Å². The molecular formula is C10H19BO6. The molecule has 0 aliphatic carbocycles. The quantitative estimate of drug-likeness (QED) is 0.698. The van der Waals surface area contributed by atoms with Crippen molar-refractivity contribution in [2.75, 3.05) is 0 Å². The SMILES string of the molecule is CC(=O)OB(OC(C)=O)OC(C)=O.CCCC. The number of hydrogen-bond donors (Lipinski definition) is 0. The summed E-state index contributed by atoms with van der Waals surface area (Å²) < 4.78 is 13.0. The molecule has 0 aromatic carbocycles. The van der Waals surface area contributed by atoms with Crippen molar-refractivity contribution >= 4 is 25.2 Å². The molecule has 0 rings (SSSR count). The Balaban J connectivity index is 0. The summed E-state index contributed by atoms with van der Waals surface area (Å²) in [6, 6.07) is 0. The Morgan fingerprint density at radius 3 is 1.12 bits per heavy atom. The molecule has 0 saturated heterocycles. The van der Waals surface area contributed by atoms with E-state index in [1.54, 1.807) is 0 Å². The monoisotopic (exact) mass is 246 g/mol. The zero-order chi connectivity index (χ0) is 13.8. The van der Waals surface area contributed by atoms with Crippen molar-refractivity contribution in [1.29, 1.82) is 0 Å². The van der Waals surface area contributed by atoms with Gasteiger partial charge in [0.1, 0.15) is 0 Å². The van der Waals surface area contributed by atoms with Crippen LogP contribution in [0.1, 0.15) is 47.5 Å². The maximum atomic E-state index is 10.4. The van der Waals surface area contributed by atoms with Crippen LogP contribution in [0, 0.1) is 0 Å². The van der Waals surface area contributed by atoms with E-state index in [0.29, 0.717) is 0 Å². The zero-order valence-electron chi connectivity index (χ0n) is 10.9. The number of unbranched alkanes of at least 4 members (excludes halogenated alkanes) is 1. The van der Waals surface area contributed by atoms with Gasteiger partial charge in [-0.1, -0.05) is 26.7 Å². The summed E-state index contributed by atoms with van der Waals surface area (Å²) in [4.78, 5) is 31.2. The molecule has 0 aliphatic rings. The Labute approximate surface area is 102 Å². The van der Waals surface area contributed by atoms with E-state index in [9.17, 15) is 14.4 Å². The molecule has 7 heteroatoms. The second-order valence-corrected chi connectivity index (χ2v) is 3.12. The lowest BCUT2D eigenvalue weighted by atomic mass is 10.2. The lowest BCUT2D eigenvalue weighted by Crippen LogP contribution is -2.32. The summed E-state index contributed by atoms with van der Waals surface area (Å²) in [7, 11) is -1.59. The first-order valence-electron chi connectivity index (χ1n) is 5.35. The van der Waals surface area contributed by atoms with Crippen molar-refractivity contribution in [3.8, 4) is 0 Å². The van der Waals surface area contributed by atoms with Gasteiger partial charge in [-0.2, -0.15) is 0 Å². The molecule has 0 heterocycles. The molecule has 0 aromatic heterocycles. The molecule has 6 nitrogen and oxygen atoms in total. The van der Waals surface area contributed by atoms with Gasteiger partial charge in [0.25, 0.3) is 17.9 Å². The standard InChI is InChI=1S/C6H9BO6.C4H10/c1-4(8)11-7(12-5(2)9)13-6(3)10;1-3-4-2/h1-3H3;3-4H2,1-2H3. The molecule has 0 bridgehead atoms. The van der Waals surface area contributed by atoms with Crippen LogP contribution >= 0.6 is 0 Å². The molecule has 0 unspecified atom stereocenters. The first-order chi connectivity index (χ1) is 7.83. The Hall–Kier alpha value is -1.53. The van der Waals surface area contributed by atoms with Gasteiger partial charge in [0.2, 0.25) is 0 Å². The van der Waals surface area contributed by atoms with E-state index in [1.807, 2.05) is 0 Å². The van der Waals surface area contributed by atoms with Crippen molar-refractivity contribution < 1.29 is 28.3 Å². The van der Waals surface area contributed by atoms with Gasteiger partial charge in [0.05, 0.1) is 0 Å². The molecule has 0 aliphatic heterocycles. The fourth-order valence-electron chi connectivity index (χ4n) is 0.479. The van der Waals surface area contributed by atoms with Gasteiger partial charge in [-0.15, -0.1) is 0 Å². The number of rotatable bonds is 4. The molecule has 17 heavy (non-hydrogen) atoms. The van der Waals surface area contributed by atoms with Crippen LogP contribution in [0.25, 0.3) is 0 Å². The molecule has 0 radical (unpaired) electrons. The summed E-state index contributed by atoms with van der Waals surface area (Å²) in [6.07, 6.45) is 2.64. The Kier molecular flexibility index (Phi) is 11.5. The van der Waals surface area contributed by atoms with Crippen LogP contribution in [0.5, 0.6) is 0 Å². The van der Waals surface area contributed by atoms with Crippen molar-refractivity contribution in [3.63, 3.8) is 0 Å². The van der Waals surface area contributed by atoms with Crippen molar-refractivity contribution in [2.24, 2.45) is 0 Å². The summed E-state index contributed by atoms with van der Waals surface area (Å²) in [5.41, 5.74) is 0. The maximum Gasteiger partial charge on any atom is 0.870 e. The average Bonchev–Trinajstić information content (AvgIpc) is 2.14. The number of carbonyl (C=O) groups excluding carboxylic acids is 3. The molecule has 0 atom stereocenters. The van der Waals surface area contributed by atoms with Crippen molar-refractivity contribution in [1.82, 2.24) is 0 Å². The summed E-state index contributed by atoms with van der Waals surface area (Å²) in [6.45, 7) is 7.65. The Bertz CT molecular complexity index is 213. The molecule has 0 amide bonds. The minimum atomic E-state index is -1.59. The van der Waals surface area contributed by atoms with Crippen molar-refractivity contribution in [3.05, 3.63) is 0 Å². The van der Waals surface area contributed by atoms with Crippen LogP contribution in [0.3, 0.4) is 0 Å². The molecule has 0 fully saturated rings. The minimum Gasteiger partial charge on any atom is -0.462 e. The highest BCUT2D eigenvalue weighted by molar-refractivity contribution is 6.43. The Morgan fingerprint density at radius 1 is 0.765 bits per heavy atom. The van der Waals surface area contributed by atoms with Crippen molar-refractivity contribution in [2.45, 2.75) is 47.5 Å². The third-order valence-corrected chi connectivity index (χ3v) is 1.29. The first-order valence-corrected chi connectivity index (χ1v) is 5.35. The third-order valence-electron chi connectivity index (χ3n) is 1.29. The highest BCUT2D eigenvalue weighted by Crippen LogP contribution is 1.94. The molecule has 0 spiro atoms. The van der Waals surface area contributed by atoms with E-state index >= 15 is 0 Å². The van der Waals surface area contributed by atoms with Gasteiger partial charge in [-0.3, -0.25) is 14.4 Å². The predicted molar refractivity (Wildman–Crippen MR) is 61.6 cm³/mol. The smallest absolute Gasteiger partial charge is 0.462 e. The normalized spacial score (nSPS) is 8.29. The highest BCUT2D eigenvalue weighted by atomic mass is 16.8. The summed E-state index contributed by atoms with van der Waals surface area (Å²) in [5.74, 6) is -2.15. The second kappa shape index (κ2) is 11.0. The van der Waals surface area contributed by atoms with Gasteiger partial charge in [-0.05, 0) is 0 Å².